The van der Waals surface area contributed by atoms with E-state index in [0.29, 0.717) is 37.5 Å². The van der Waals surface area contributed by atoms with E-state index in [4.69, 9.17) is 11.6 Å². The van der Waals surface area contributed by atoms with Crippen LogP contribution in [0.4, 0.5) is 0 Å². The number of carbonyl (C=O) groups excluding carboxylic acids is 1. The van der Waals surface area contributed by atoms with E-state index in [2.05, 4.69) is 10.0 Å². The van der Waals surface area contributed by atoms with Crippen LogP contribution in [0.1, 0.15) is 12.8 Å². The second kappa shape index (κ2) is 7.41. The van der Waals surface area contributed by atoms with Gasteiger partial charge in [-0.15, -0.1) is 0 Å². The zero-order chi connectivity index (χ0) is 16.2. The summed E-state index contributed by atoms with van der Waals surface area (Å²) in [5, 5.41) is 2.98. The van der Waals surface area contributed by atoms with Crippen LogP contribution < -0.4 is 10.0 Å². The molecule has 1 heterocycles. The lowest BCUT2D eigenvalue weighted by atomic mass is 10.1. The van der Waals surface area contributed by atoms with Gasteiger partial charge < -0.3 is 5.32 Å². The summed E-state index contributed by atoms with van der Waals surface area (Å²) in [6, 6.07) is 6.09. The van der Waals surface area contributed by atoms with Gasteiger partial charge in [0.15, 0.2) is 0 Å². The van der Waals surface area contributed by atoms with Gasteiger partial charge >= 0.3 is 0 Å². The minimum atomic E-state index is -3.56. The van der Waals surface area contributed by atoms with Crippen molar-refractivity contribution in [3.63, 3.8) is 0 Å². The molecule has 0 bridgehead atoms. The molecule has 22 heavy (non-hydrogen) atoms. The van der Waals surface area contributed by atoms with Gasteiger partial charge in [-0.25, -0.2) is 13.1 Å². The summed E-state index contributed by atoms with van der Waals surface area (Å²) < 4.78 is 27.3. The predicted octanol–water partition coefficient (Wildman–Crippen LogP) is 0.829. The van der Waals surface area contributed by atoms with Crippen LogP contribution in [0.3, 0.4) is 0 Å². The summed E-state index contributed by atoms with van der Waals surface area (Å²) >= 11 is 5.84. The number of halogens is 1. The molecule has 2 N–H and O–H groups in total. The van der Waals surface area contributed by atoms with Crippen LogP contribution in [0.25, 0.3) is 0 Å². The number of nitrogens with zero attached hydrogens (tertiary/aromatic N) is 1. The first-order chi connectivity index (χ1) is 10.4. The van der Waals surface area contributed by atoms with E-state index in [1.54, 1.807) is 19.2 Å². The molecular weight excluding hydrogens is 326 g/mol. The van der Waals surface area contributed by atoms with Crippen LogP contribution in [0.5, 0.6) is 0 Å². The molecule has 1 aromatic carbocycles. The smallest absolute Gasteiger partial charge is 0.240 e. The molecule has 0 radical (unpaired) electrons. The molecule has 1 amide bonds. The normalized spacial score (nSPS) is 17.4. The molecule has 0 unspecified atom stereocenters. The molecule has 2 rings (SSSR count). The third-order valence-electron chi connectivity index (χ3n) is 3.66. The number of hydrogen-bond donors (Lipinski definition) is 2. The lowest BCUT2D eigenvalue weighted by molar-refractivity contribution is -0.122. The van der Waals surface area contributed by atoms with Crippen molar-refractivity contribution in [3.05, 3.63) is 29.3 Å². The van der Waals surface area contributed by atoms with E-state index < -0.39 is 10.0 Å². The Balaban J connectivity index is 1.91. The van der Waals surface area contributed by atoms with Gasteiger partial charge in [0.05, 0.1) is 11.4 Å². The van der Waals surface area contributed by atoms with Crippen LogP contribution in [0.2, 0.25) is 5.02 Å². The minimum absolute atomic E-state index is 0.0297. The molecular formula is C14H20ClN3O3S. The maximum Gasteiger partial charge on any atom is 0.240 e. The first-order valence-electron chi connectivity index (χ1n) is 7.11. The Kier molecular flexibility index (Phi) is 5.80. The van der Waals surface area contributed by atoms with Crippen LogP contribution in [0.15, 0.2) is 29.2 Å². The SMILES string of the molecule is CNC(=O)CN1CCC(NS(=O)(=O)c2cccc(Cl)c2)CC1. The Morgan fingerprint density at radius 3 is 2.64 bits per heavy atom. The summed E-state index contributed by atoms with van der Waals surface area (Å²) in [5.74, 6) is -0.0297. The largest absolute Gasteiger partial charge is 0.358 e. The van der Waals surface area contributed by atoms with Crippen molar-refractivity contribution in [1.29, 1.82) is 0 Å². The topological polar surface area (TPSA) is 78.5 Å². The average molecular weight is 346 g/mol. The highest BCUT2D eigenvalue weighted by Crippen LogP contribution is 2.18. The highest BCUT2D eigenvalue weighted by Gasteiger charge is 2.25. The zero-order valence-electron chi connectivity index (χ0n) is 12.4. The van der Waals surface area contributed by atoms with Gasteiger partial charge in [-0.2, -0.15) is 0 Å². The molecule has 0 aliphatic carbocycles. The Morgan fingerprint density at radius 2 is 2.05 bits per heavy atom. The van der Waals surface area contributed by atoms with Gasteiger partial charge in [-0.05, 0) is 31.0 Å². The molecule has 1 aliphatic rings. The standard InChI is InChI=1S/C14H20ClN3O3S/c1-16-14(19)10-18-7-5-12(6-8-18)17-22(20,21)13-4-2-3-11(15)9-13/h2-4,9,12,17H,5-8,10H2,1H3,(H,16,19). The van der Waals surface area contributed by atoms with E-state index in [9.17, 15) is 13.2 Å². The maximum atomic E-state index is 12.3. The van der Waals surface area contributed by atoms with Gasteiger partial charge in [0.1, 0.15) is 0 Å². The highest BCUT2D eigenvalue weighted by molar-refractivity contribution is 7.89. The number of rotatable bonds is 5. The molecule has 0 spiro atoms. The molecule has 0 saturated carbocycles. The number of benzene rings is 1. The van der Waals surface area contributed by atoms with E-state index >= 15 is 0 Å². The maximum absolute atomic E-state index is 12.3. The number of piperidine rings is 1. The third-order valence-corrected chi connectivity index (χ3v) is 5.42. The van der Waals surface area contributed by atoms with Gasteiger partial charge in [-0.3, -0.25) is 9.69 Å². The van der Waals surface area contributed by atoms with E-state index in [1.807, 2.05) is 4.90 Å². The molecule has 122 valence electrons. The van der Waals surface area contributed by atoms with Crippen LogP contribution in [-0.2, 0) is 14.8 Å². The van der Waals surface area contributed by atoms with Crippen molar-refractivity contribution in [2.75, 3.05) is 26.7 Å². The van der Waals surface area contributed by atoms with Crippen molar-refractivity contribution < 1.29 is 13.2 Å². The van der Waals surface area contributed by atoms with Crippen molar-refractivity contribution in [2.45, 2.75) is 23.8 Å². The molecule has 6 nitrogen and oxygen atoms in total. The first kappa shape index (κ1) is 17.2. The summed E-state index contributed by atoms with van der Waals surface area (Å²) in [4.78, 5) is 13.5. The fraction of sp³-hybridized carbons (Fsp3) is 0.500. The average Bonchev–Trinajstić information content (AvgIpc) is 2.49. The van der Waals surface area contributed by atoms with E-state index in [1.165, 1.54) is 12.1 Å². The Labute approximate surface area is 135 Å². The third kappa shape index (κ3) is 4.67. The van der Waals surface area contributed by atoms with E-state index in [-0.39, 0.29) is 16.8 Å². The van der Waals surface area contributed by atoms with Gasteiger partial charge in [0, 0.05) is 31.2 Å². The van der Waals surface area contributed by atoms with Crippen molar-refractivity contribution in [3.8, 4) is 0 Å². The minimum Gasteiger partial charge on any atom is -0.358 e. The van der Waals surface area contributed by atoms with Crippen LogP contribution in [0, 0.1) is 0 Å². The number of hydrogen-bond acceptors (Lipinski definition) is 4. The quantitative estimate of drug-likeness (QED) is 0.828. The molecule has 0 aromatic heterocycles. The van der Waals surface area contributed by atoms with Crippen molar-refractivity contribution in [1.82, 2.24) is 14.9 Å². The number of nitrogens with one attached hydrogen (secondary N) is 2. The van der Waals surface area contributed by atoms with E-state index in [0.717, 1.165) is 0 Å². The Bertz CT molecular complexity index is 628. The van der Waals surface area contributed by atoms with Crippen LogP contribution in [-0.4, -0.2) is 51.9 Å². The van der Waals surface area contributed by atoms with Gasteiger partial charge in [0.25, 0.3) is 0 Å². The highest BCUT2D eigenvalue weighted by atomic mass is 35.5. The van der Waals surface area contributed by atoms with Crippen LogP contribution >= 0.6 is 11.6 Å². The summed E-state index contributed by atoms with van der Waals surface area (Å²) in [6.07, 6.45) is 1.35. The molecule has 1 saturated heterocycles. The number of carbonyl (C=O) groups is 1. The Hall–Kier alpha value is -1.15. The number of likely N-dealkylation sites (N-methyl/N-ethyl adjacent to an activating group) is 1. The lowest BCUT2D eigenvalue weighted by Crippen LogP contribution is -2.47. The van der Waals surface area contributed by atoms with Gasteiger partial charge in [0.2, 0.25) is 15.9 Å². The first-order valence-corrected chi connectivity index (χ1v) is 8.97. The number of amides is 1. The molecule has 1 fully saturated rings. The second-order valence-electron chi connectivity index (χ2n) is 5.30. The Morgan fingerprint density at radius 1 is 1.36 bits per heavy atom. The zero-order valence-corrected chi connectivity index (χ0v) is 14.0. The van der Waals surface area contributed by atoms with Gasteiger partial charge in [-0.1, -0.05) is 17.7 Å². The molecule has 1 aromatic rings. The monoisotopic (exact) mass is 345 g/mol. The molecule has 0 atom stereocenters. The second-order valence-corrected chi connectivity index (χ2v) is 7.45. The van der Waals surface area contributed by atoms with Crippen molar-refractivity contribution >= 4 is 27.5 Å². The molecule has 8 heteroatoms. The summed E-state index contributed by atoms with van der Waals surface area (Å²) in [7, 11) is -1.95. The number of sulfonamides is 1. The lowest BCUT2D eigenvalue weighted by Gasteiger charge is -2.31. The predicted molar refractivity (Wildman–Crippen MR) is 85.3 cm³/mol. The fourth-order valence-corrected chi connectivity index (χ4v) is 4.02. The fourth-order valence-electron chi connectivity index (χ4n) is 2.41. The van der Waals surface area contributed by atoms with Crippen molar-refractivity contribution in [2.24, 2.45) is 0 Å². The number of likely N-dealkylation sites (tertiary alicyclic amines) is 1. The molecule has 1 aliphatic heterocycles. The summed E-state index contributed by atoms with van der Waals surface area (Å²) in [5.41, 5.74) is 0. The summed E-state index contributed by atoms with van der Waals surface area (Å²) in [6.45, 7) is 1.73.